The molecule has 0 radical (unpaired) electrons. The molecule has 2 aromatic rings. The Morgan fingerprint density at radius 3 is 2.62 bits per heavy atom. The second-order valence-electron chi connectivity index (χ2n) is 3.70. The van der Waals surface area contributed by atoms with Gasteiger partial charge in [-0.15, -0.1) is 0 Å². The third kappa shape index (κ3) is 2.31. The summed E-state index contributed by atoms with van der Waals surface area (Å²) < 4.78 is 12.0. The highest BCUT2D eigenvalue weighted by Gasteiger charge is 1.99. The van der Waals surface area contributed by atoms with Gasteiger partial charge in [0.25, 0.3) is 0 Å². The molecule has 1 N–H and O–H groups in total. The number of hydrogen-bond acceptors (Lipinski definition) is 2. The Bertz CT molecular complexity index is 484. The van der Waals surface area contributed by atoms with Crippen molar-refractivity contribution in [1.29, 1.82) is 0 Å². The molecule has 0 fully saturated rings. The summed E-state index contributed by atoms with van der Waals surface area (Å²) in [6.07, 6.45) is 0. The number of halogens is 1. The van der Waals surface area contributed by atoms with E-state index < -0.39 is 0 Å². The normalized spacial score (nSPS) is 10.6. The van der Waals surface area contributed by atoms with E-state index in [1.54, 1.807) is 12.1 Å². The molecule has 84 valence electrons. The number of fused-ring (bicyclic) bond motifs is 1. The first kappa shape index (κ1) is 10.9. The lowest BCUT2D eigenvalue weighted by atomic mass is 10.1. The summed E-state index contributed by atoms with van der Waals surface area (Å²) in [5.74, 6) is 0.243. The summed E-state index contributed by atoms with van der Waals surface area (Å²) in [5.41, 5.74) is 1.23. The SMILES string of the molecule is CCNCc1ccc2cc(OF)ccc2c1. The highest BCUT2D eigenvalue weighted by Crippen LogP contribution is 2.22. The number of hydrogen-bond donors (Lipinski definition) is 1. The maximum Gasteiger partial charge on any atom is 0.172 e. The Kier molecular flexibility index (Phi) is 3.37. The van der Waals surface area contributed by atoms with Crippen molar-refractivity contribution in [2.24, 2.45) is 0 Å². The Morgan fingerprint density at radius 2 is 1.88 bits per heavy atom. The fourth-order valence-electron chi connectivity index (χ4n) is 1.70. The van der Waals surface area contributed by atoms with E-state index in [0.717, 1.165) is 23.9 Å². The first-order valence-corrected chi connectivity index (χ1v) is 5.35. The molecule has 0 aliphatic heterocycles. The van der Waals surface area contributed by atoms with Gasteiger partial charge in [-0.3, -0.25) is 4.94 Å². The van der Waals surface area contributed by atoms with E-state index >= 15 is 0 Å². The lowest BCUT2D eigenvalue weighted by Crippen LogP contribution is -2.11. The molecule has 2 nitrogen and oxygen atoms in total. The average Bonchev–Trinajstić information content (AvgIpc) is 2.35. The van der Waals surface area contributed by atoms with Crippen LogP contribution in [0.25, 0.3) is 10.8 Å². The van der Waals surface area contributed by atoms with Crippen molar-refractivity contribution in [2.75, 3.05) is 6.54 Å². The fourth-order valence-corrected chi connectivity index (χ4v) is 1.70. The molecule has 0 spiro atoms. The summed E-state index contributed by atoms with van der Waals surface area (Å²) in [5, 5.41) is 5.34. The quantitative estimate of drug-likeness (QED) is 0.852. The van der Waals surface area contributed by atoms with Crippen molar-refractivity contribution in [2.45, 2.75) is 13.5 Å². The molecule has 0 unspecified atom stereocenters. The highest BCUT2D eigenvalue weighted by molar-refractivity contribution is 5.84. The first-order valence-electron chi connectivity index (χ1n) is 5.35. The summed E-state index contributed by atoms with van der Waals surface area (Å²) in [4.78, 5) is 3.71. The lowest BCUT2D eigenvalue weighted by Gasteiger charge is -2.04. The van der Waals surface area contributed by atoms with E-state index in [9.17, 15) is 4.53 Å². The smallest absolute Gasteiger partial charge is 0.172 e. The zero-order valence-electron chi connectivity index (χ0n) is 9.16. The minimum absolute atomic E-state index is 0.243. The van der Waals surface area contributed by atoms with E-state index in [1.807, 2.05) is 18.2 Å². The van der Waals surface area contributed by atoms with Crippen LogP contribution in [0.3, 0.4) is 0 Å². The Hall–Kier alpha value is -1.61. The van der Waals surface area contributed by atoms with E-state index in [0.29, 0.717) is 0 Å². The molecule has 3 heteroatoms. The second kappa shape index (κ2) is 4.94. The van der Waals surface area contributed by atoms with Gasteiger partial charge in [-0.25, -0.2) is 0 Å². The molecule has 0 aliphatic carbocycles. The maximum absolute atomic E-state index is 12.0. The Labute approximate surface area is 93.9 Å². The standard InChI is InChI=1S/C13H14FNO/c1-2-15-9-10-3-4-12-8-13(16-14)6-5-11(12)7-10/h3-8,15H,2,9H2,1H3. The van der Waals surface area contributed by atoms with E-state index in [2.05, 4.69) is 23.2 Å². The number of rotatable bonds is 4. The molecular weight excluding hydrogens is 205 g/mol. The predicted molar refractivity (Wildman–Crippen MR) is 63.1 cm³/mol. The molecule has 0 aliphatic rings. The molecule has 0 heterocycles. The molecule has 0 saturated heterocycles. The third-order valence-corrected chi connectivity index (χ3v) is 2.54. The van der Waals surface area contributed by atoms with Crippen LogP contribution in [0.4, 0.5) is 4.53 Å². The van der Waals surface area contributed by atoms with Crippen LogP contribution in [0.5, 0.6) is 5.75 Å². The predicted octanol–water partition coefficient (Wildman–Crippen LogP) is 3.21. The van der Waals surface area contributed by atoms with Gasteiger partial charge < -0.3 is 5.32 Å². The molecule has 0 atom stereocenters. The van der Waals surface area contributed by atoms with Crippen LogP contribution in [0.2, 0.25) is 0 Å². The third-order valence-electron chi connectivity index (χ3n) is 2.54. The molecule has 0 bridgehead atoms. The van der Waals surface area contributed by atoms with Gasteiger partial charge in [0.2, 0.25) is 0 Å². The van der Waals surface area contributed by atoms with Gasteiger partial charge in [0.15, 0.2) is 5.75 Å². The van der Waals surface area contributed by atoms with Gasteiger partial charge in [0, 0.05) is 11.1 Å². The zero-order chi connectivity index (χ0) is 11.4. The summed E-state index contributed by atoms with van der Waals surface area (Å²) >= 11 is 0. The van der Waals surface area contributed by atoms with Gasteiger partial charge >= 0.3 is 0 Å². The van der Waals surface area contributed by atoms with Gasteiger partial charge in [0.05, 0.1) is 0 Å². The molecule has 0 saturated carbocycles. The largest absolute Gasteiger partial charge is 0.313 e. The van der Waals surface area contributed by atoms with Crippen LogP contribution in [0, 0.1) is 0 Å². The van der Waals surface area contributed by atoms with Crippen molar-refractivity contribution in [3.63, 3.8) is 0 Å². The van der Waals surface area contributed by atoms with Crippen molar-refractivity contribution in [3.05, 3.63) is 42.0 Å². The van der Waals surface area contributed by atoms with Gasteiger partial charge in [-0.05, 0) is 41.1 Å². The highest BCUT2D eigenvalue weighted by atomic mass is 19.3. The second-order valence-corrected chi connectivity index (χ2v) is 3.70. The van der Waals surface area contributed by atoms with Crippen LogP contribution >= 0.6 is 0 Å². The van der Waals surface area contributed by atoms with Crippen molar-refractivity contribution in [3.8, 4) is 5.75 Å². The first-order chi connectivity index (χ1) is 7.83. The monoisotopic (exact) mass is 219 g/mol. The van der Waals surface area contributed by atoms with Crippen molar-refractivity contribution >= 4 is 10.8 Å². The molecule has 2 rings (SSSR count). The zero-order valence-corrected chi connectivity index (χ0v) is 9.16. The number of benzene rings is 2. The van der Waals surface area contributed by atoms with Crippen molar-refractivity contribution < 1.29 is 9.47 Å². The van der Waals surface area contributed by atoms with Gasteiger partial charge in [-0.2, -0.15) is 0 Å². The molecule has 2 aromatic carbocycles. The van der Waals surface area contributed by atoms with E-state index in [1.165, 1.54) is 5.56 Å². The Balaban J connectivity index is 2.32. The Morgan fingerprint density at radius 1 is 1.12 bits per heavy atom. The van der Waals surface area contributed by atoms with Crippen LogP contribution in [-0.2, 0) is 6.54 Å². The summed E-state index contributed by atoms with van der Waals surface area (Å²) in [6.45, 7) is 3.88. The van der Waals surface area contributed by atoms with Crippen LogP contribution in [-0.4, -0.2) is 6.54 Å². The van der Waals surface area contributed by atoms with E-state index in [-0.39, 0.29) is 5.75 Å². The average molecular weight is 219 g/mol. The van der Waals surface area contributed by atoms with Crippen LogP contribution in [0.1, 0.15) is 12.5 Å². The molecular formula is C13H14FNO. The summed E-state index contributed by atoms with van der Waals surface area (Å²) in [7, 11) is 0. The van der Waals surface area contributed by atoms with Crippen molar-refractivity contribution in [1.82, 2.24) is 5.32 Å². The topological polar surface area (TPSA) is 21.3 Å². The lowest BCUT2D eigenvalue weighted by molar-refractivity contribution is -0.00603. The fraction of sp³-hybridized carbons (Fsp3) is 0.231. The number of nitrogens with one attached hydrogen (secondary N) is 1. The van der Waals surface area contributed by atoms with E-state index in [4.69, 9.17) is 0 Å². The van der Waals surface area contributed by atoms with Gasteiger partial charge in [0.1, 0.15) is 0 Å². The van der Waals surface area contributed by atoms with Gasteiger partial charge in [-0.1, -0.05) is 25.1 Å². The van der Waals surface area contributed by atoms with Crippen LogP contribution in [0.15, 0.2) is 36.4 Å². The molecule has 16 heavy (non-hydrogen) atoms. The maximum atomic E-state index is 12.0. The minimum Gasteiger partial charge on any atom is -0.313 e. The van der Waals surface area contributed by atoms with Crippen LogP contribution < -0.4 is 10.3 Å². The summed E-state index contributed by atoms with van der Waals surface area (Å²) in [6, 6.07) is 11.3. The molecule has 0 aromatic heterocycles. The minimum atomic E-state index is 0.243. The molecule has 0 amide bonds.